The van der Waals surface area contributed by atoms with Crippen LogP contribution >= 0.6 is 0 Å². The Bertz CT molecular complexity index is 1220. The molecule has 1 aromatic heterocycles. The molecule has 2 amide bonds. The van der Waals surface area contributed by atoms with Crippen LogP contribution in [-0.2, 0) is 16.0 Å². The van der Waals surface area contributed by atoms with Gasteiger partial charge in [-0.25, -0.2) is 4.79 Å². The first-order valence-corrected chi connectivity index (χ1v) is 10.3. The van der Waals surface area contributed by atoms with Crippen LogP contribution in [0, 0.1) is 5.92 Å². The number of hydrogen-bond donors (Lipinski definition) is 1. The van der Waals surface area contributed by atoms with E-state index in [1.54, 1.807) is 43.4 Å². The van der Waals surface area contributed by atoms with Crippen molar-refractivity contribution in [1.82, 2.24) is 4.90 Å². The smallest absolute Gasteiger partial charge is 0.336 e. The lowest BCUT2D eigenvalue weighted by atomic mass is 10.1. The minimum absolute atomic E-state index is 0.0362. The zero-order valence-electron chi connectivity index (χ0n) is 17.9. The Balaban J connectivity index is 1.36. The van der Waals surface area contributed by atoms with Crippen LogP contribution in [0.4, 0.5) is 5.69 Å². The highest BCUT2D eigenvalue weighted by molar-refractivity contribution is 5.98. The third-order valence-electron chi connectivity index (χ3n) is 5.59. The van der Waals surface area contributed by atoms with Crippen molar-refractivity contribution in [2.45, 2.75) is 12.8 Å². The molecule has 1 fully saturated rings. The average molecular weight is 436 g/mol. The van der Waals surface area contributed by atoms with E-state index < -0.39 is 11.5 Å². The van der Waals surface area contributed by atoms with E-state index >= 15 is 0 Å². The molecule has 1 atom stereocenters. The minimum Gasteiger partial charge on any atom is -0.493 e. The molecule has 2 aromatic carbocycles. The monoisotopic (exact) mass is 436 g/mol. The zero-order chi connectivity index (χ0) is 22.7. The Morgan fingerprint density at radius 3 is 2.66 bits per heavy atom. The van der Waals surface area contributed by atoms with Crippen LogP contribution in [-0.4, -0.2) is 44.0 Å². The molecule has 0 aliphatic carbocycles. The molecule has 1 aliphatic heterocycles. The molecule has 0 saturated carbocycles. The fourth-order valence-electron chi connectivity index (χ4n) is 3.86. The van der Waals surface area contributed by atoms with Gasteiger partial charge in [0.2, 0.25) is 11.8 Å². The molecule has 0 radical (unpaired) electrons. The van der Waals surface area contributed by atoms with Gasteiger partial charge in [0.1, 0.15) is 5.58 Å². The van der Waals surface area contributed by atoms with E-state index in [1.165, 1.54) is 6.07 Å². The lowest BCUT2D eigenvalue weighted by molar-refractivity contribution is -0.128. The van der Waals surface area contributed by atoms with E-state index in [0.717, 1.165) is 5.56 Å². The molecule has 0 unspecified atom stereocenters. The number of carbonyl (C=O) groups excluding carboxylic acids is 2. The third-order valence-corrected chi connectivity index (χ3v) is 5.59. The molecule has 8 nitrogen and oxygen atoms in total. The Labute approximate surface area is 184 Å². The molecular weight excluding hydrogens is 412 g/mol. The Kier molecular flexibility index (Phi) is 6.11. The van der Waals surface area contributed by atoms with Crippen LogP contribution in [0.2, 0.25) is 0 Å². The summed E-state index contributed by atoms with van der Waals surface area (Å²) in [4.78, 5) is 38.2. The van der Waals surface area contributed by atoms with Crippen molar-refractivity contribution >= 4 is 28.5 Å². The Morgan fingerprint density at radius 2 is 1.88 bits per heavy atom. The predicted molar refractivity (Wildman–Crippen MR) is 119 cm³/mol. The van der Waals surface area contributed by atoms with Crippen LogP contribution in [0.15, 0.2) is 57.7 Å². The molecule has 8 heteroatoms. The Hall–Kier alpha value is -3.81. The number of nitrogens with zero attached hydrogens (tertiary/aromatic N) is 1. The number of rotatable bonds is 7. The van der Waals surface area contributed by atoms with Gasteiger partial charge in [-0.05, 0) is 48.4 Å². The van der Waals surface area contributed by atoms with Gasteiger partial charge in [0.25, 0.3) is 0 Å². The molecule has 1 N–H and O–H groups in total. The molecule has 32 heavy (non-hydrogen) atoms. The molecule has 1 aliphatic rings. The number of amides is 2. The number of methoxy groups -OCH3 is 2. The van der Waals surface area contributed by atoms with Crippen molar-refractivity contribution in [1.29, 1.82) is 0 Å². The van der Waals surface area contributed by atoms with Gasteiger partial charge < -0.3 is 24.1 Å². The summed E-state index contributed by atoms with van der Waals surface area (Å²) in [5.41, 5.74) is 1.64. The standard InChI is InChI=1S/C24H24N2O6/c1-30-20-6-3-15(11-21(20)31-2)9-10-26-14-17(13-22(26)27)24(29)25-18-5-7-19-16(12-18)4-8-23(28)32-19/h3-8,11-12,17H,9-10,13-14H2,1-2H3,(H,25,29)/t17-/m0/s1. The normalized spacial score (nSPS) is 15.8. The maximum absolute atomic E-state index is 12.7. The van der Waals surface area contributed by atoms with Crippen LogP contribution in [0.3, 0.4) is 0 Å². The van der Waals surface area contributed by atoms with Gasteiger partial charge in [0.15, 0.2) is 11.5 Å². The summed E-state index contributed by atoms with van der Waals surface area (Å²) < 4.78 is 15.7. The molecule has 2 heterocycles. The van der Waals surface area contributed by atoms with Gasteiger partial charge in [0.05, 0.1) is 20.1 Å². The highest BCUT2D eigenvalue weighted by Crippen LogP contribution is 2.28. The lowest BCUT2D eigenvalue weighted by Gasteiger charge is -2.17. The summed E-state index contributed by atoms with van der Waals surface area (Å²) in [5, 5.41) is 3.57. The van der Waals surface area contributed by atoms with Crippen LogP contribution < -0.4 is 20.4 Å². The summed E-state index contributed by atoms with van der Waals surface area (Å²) in [5.74, 6) is 0.637. The van der Waals surface area contributed by atoms with Gasteiger partial charge in [0, 0.05) is 36.7 Å². The fourth-order valence-corrected chi connectivity index (χ4v) is 3.86. The summed E-state index contributed by atoms with van der Waals surface area (Å²) >= 11 is 0. The predicted octanol–water partition coefficient (Wildman–Crippen LogP) is 2.84. The number of nitrogens with one attached hydrogen (secondary N) is 1. The second-order valence-corrected chi connectivity index (χ2v) is 7.68. The molecule has 1 saturated heterocycles. The highest BCUT2D eigenvalue weighted by atomic mass is 16.5. The molecule has 4 rings (SSSR count). The van der Waals surface area contributed by atoms with Crippen molar-refractivity contribution in [3.05, 3.63) is 64.5 Å². The summed E-state index contributed by atoms with van der Waals surface area (Å²) in [6.45, 7) is 0.896. The van der Waals surface area contributed by atoms with Crippen molar-refractivity contribution in [3.63, 3.8) is 0 Å². The molecule has 0 bridgehead atoms. The van der Waals surface area contributed by atoms with Crippen LogP contribution in [0.1, 0.15) is 12.0 Å². The van der Waals surface area contributed by atoms with E-state index in [4.69, 9.17) is 13.9 Å². The van der Waals surface area contributed by atoms with Gasteiger partial charge in [-0.2, -0.15) is 0 Å². The maximum atomic E-state index is 12.7. The van der Waals surface area contributed by atoms with Gasteiger partial charge in [-0.3, -0.25) is 9.59 Å². The summed E-state index contributed by atoms with van der Waals surface area (Å²) in [6.07, 6.45) is 0.830. The van der Waals surface area contributed by atoms with Crippen LogP contribution in [0.5, 0.6) is 11.5 Å². The largest absolute Gasteiger partial charge is 0.493 e. The van der Waals surface area contributed by atoms with Crippen molar-refractivity contribution < 1.29 is 23.5 Å². The summed E-state index contributed by atoms with van der Waals surface area (Å²) in [6, 6.07) is 13.7. The minimum atomic E-state index is -0.424. The number of benzene rings is 2. The van der Waals surface area contributed by atoms with Gasteiger partial charge in [-0.1, -0.05) is 6.07 Å². The van der Waals surface area contributed by atoms with Crippen LogP contribution in [0.25, 0.3) is 11.0 Å². The van der Waals surface area contributed by atoms with Crippen molar-refractivity contribution in [2.24, 2.45) is 5.92 Å². The Morgan fingerprint density at radius 1 is 1.06 bits per heavy atom. The van der Waals surface area contributed by atoms with E-state index in [9.17, 15) is 14.4 Å². The maximum Gasteiger partial charge on any atom is 0.336 e. The molecule has 0 spiro atoms. The fraction of sp³-hybridized carbons (Fsp3) is 0.292. The first kappa shape index (κ1) is 21.4. The topological polar surface area (TPSA) is 98.1 Å². The molecule has 3 aromatic rings. The lowest BCUT2D eigenvalue weighted by Crippen LogP contribution is -2.30. The number of ether oxygens (including phenoxy) is 2. The highest BCUT2D eigenvalue weighted by Gasteiger charge is 2.34. The number of carbonyl (C=O) groups is 2. The second-order valence-electron chi connectivity index (χ2n) is 7.68. The van der Waals surface area contributed by atoms with Gasteiger partial charge in [-0.15, -0.1) is 0 Å². The zero-order valence-corrected chi connectivity index (χ0v) is 17.9. The van der Waals surface area contributed by atoms with Crippen molar-refractivity contribution in [2.75, 3.05) is 32.6 Å². The second kappa shape index (κ2) is 9.13. The number of hydrogen-bond acceptors (Lipinski definition) is 6. The number of likely N-dealkylation sites (tertiary alicyclic amines) is 1. The average Bonchev–Trinajstić information content (AvgIpc) is 3.18. The van der Waals surface area contributed by atoms with E-state index in [1.807, 2.05) is 18.2 Å². The quantitative estimate of drug-likeness (QED) is 0.572. The van der Waals surface area contributed by atoms with E-state index in [0.29, 0.717) is 47.7 Å². The first-order valence-electron chi connectivity index (χ1n) is 10.3. The van der Waals surface area contributed by atoms with Crippen molar-refractivity contribution in [3.8, 4) is 11.5 Å². The van der Waals surface area contributed by atoms with E-state index in [-0.39, 0.29) is 18.2 Å². The SMILES string of the molecule is COc1ccc(CCN2C[C@@H](C(=O)Nc3ccc4oc(=O)ccc4c3)CC2=O)cc1OC. The number of fused-ring (bicyclic) bond motifs is 1. The molecule has 166 valence electrons. The molecular formula is C24H24N2O6. The number of anilines is 1. The first-order chi connectivity index (χ1) is 15.5. The van der Waals surface area contributed by atoms with Gasteiger partial charge >= 0.3 is 5.63 Å². The van der Waals surface area contributed by atoms with E-state index in [2.05, 4.69) is 5.32 Å². The third kappa shape index (κ3) is 4.59. The summed E-state index contributed by atoms with van der Waals surface area (Å²) in [7, 11) is 3.17.